The van der Waals surface area contributed by atoms with E-state index in [2.05, 4.69) is 10.6 Å². The topological polar surface area (TPSA) is 177 Å². The quantitative estimate of drug-likeness (QED) is 0.224. The number of carbonyl (C=O) groups is 6. The second kappa shape index (κ2) is 15.3. The Hall–Kier alpha value is -5.20. The first-order chi connectivity index (χ1) is 19.0. The fraction of sp³-hybridized carbons (Fsp3) is 0.259. The van der Waals surface area contributed by atoms with Crippen LogP contribution in [0.1, 0.15) is 25.0 Å². The molecular weight excluding hydrogens is 522 g/mol. The highest BCUT2D eigenvalue weighted by Crippen LogP contribution is 2.05. The lowest BCUT2D eigenvalue weighted by atomic mass is 10.2. The molecule has 0 aromatic heterocycles. The van der Waals surface area contributed by atoms with Crippen LogP contribution in [-0.4, -0.2) is 65.0 Å². The van der Waals surface area contributed by atoms with E-state index in [-0.39, 0.29) is 18.2 Å². The van der Waals surface area contributed by atoms with Crippen LogP contribution in [-0.2, 0) is 41.9 Å². The molecule has 4 N–H and O–H groups in total. The Morgan fingerprint density at radius 2 is 1.32 bits per heavy atom. The Kier molecular flexibility index (Phi) is 11.8. The molecule has 0 aliphatic carbocycles. The molecular formula is C27H31N5O8. The fourth-order valence-corrected chi connectivity index (χ4v) is 3.18. The second-order valence-corrected chi connectivity index (χ2v) is 8.43. The van der Waals surface area contributed by atoms with E-state index in [4.69, 9.17) is 15.2 Å². The van der Waals surface area contributed by atoms with Crippen molar-refractivity contribution < 1.29 is 38.2 Å². The van der Waals surface area contributed by atoms with E-state index in [1.54, 1.807) is 54.6 Å². The number of hydrogen-bond acceptors (Lipinski definition) is 8. The van der Waals surface area contributed by atoms with Gasteiger partial charge in [-0.3, -0.25) is 14.4 Å². The lowest BCUT2D eigenvalue weighted by Crippen LogP contribution is -2.58. The number of carbonyl (C=O) groups excluding carboxylic acids is 6. The van der Waals surface area contributed by atoms with E-state index in [0.29, 0.717) is 5.01 Å². The summed E-state index contributed by atoms with van der Waals surface area (Å²) >= 11 is 0. The number of alkyl carbamates (subject to hydrolysis) is 1. The minimum Gasteiger partial charge on any atom is -0.458 e. The predicted octanol–water partition coefficient (Wildman–Crippen LogP) is 1.39. The zero-order valence-corrected chi connectivity index (χ0v) is 22.2. The number of rotatable bonds is 10. The maximum Gasteiger partial charge on any atom is 0.408 e. The summed E-state index contributed by atoms with van der Waals surface area (Å²) in [4.78, 5) is 73.7. The molecule has 2 rings (SSSR count). The van der Waals surface area contributed by atoms with Crippen LogP contribution in [0.15, 0.2) is 72.8 Å². The van der Waals surface area contributed by atoms with Crippen molar-refractivity contribution in [3.8, 4) is 0 Å². The molecule has 2 aromatic carbocycles. The van der Waals surface area contributed by atoms with Crippen LogP contribution < -0.4 is 16.4 Å². The van der Waals surface area contributed by atoms with E-state index in [9.17, 15) is 28.8 Å². The standard InChI is InChI=1S/C27H31N5O8/c1-18(30-27(38)40-17-21-12-8-5-9-13-21)24(35)29-19(2)25(36)31(3)32(26(28)37)22(33)14-15-23(34)39-16-20-10-6-4-7-11-20/h4-15,18-19H,16-17H2,1-3H3,(H2,28,37)(H,29,35)(H,30,38)/b15-14+/t18-,19-/m0/s1. The van der Waals surface area contributed by atoms with Crippen molar-refractivity contribution in [1.29, 1.82) is 0 Å². The molecule has 0 saturated heterocycles. The summed E-state index contributed by atoms with van der Waals surface area (Å²) in [6.07, 6.45) is 0.662. The normalized spacial score (nSPS) is 12.0. The highest BCUT2D eigenvalue weighted by atomic mass is 16.5. The average Bonchev–Trinajstić information content (AvgIpc) is 2.94. The average molecular weight is 554 g/mol. The van der Waals surface area contributed by atoms with Crippen LogP contribution in [0.4, 0.5) is 9.59 Å². The summed E-state index contributed by atoms with van der Waals surface area (Å²) in [5.41, 5.74) is 6.75. The lowest BCUT2D eigenvalue weighted by molar-refractivity contribution is -0.153. The van der Waals surface area contributed by atoms with E-state index >= 15 is 0 Å². The first kappa shape index (κ1) is 31.0. The Labute approximate surface area is 230 Å². The molecule has 2 aromatic rings. The van der Waals surface area contributed by atoms with Gasteiger partial charge in [0.15, 0.2) is 0 Å². The molecule has 0 heterocycles. The molecule has 0 spiro atoms. The summed E-state index contributed by atoms with van der Waals surface area (Å²) in [6.45, 7) is 2.64. The monoisotopic (exact) mass is 553 g/mol. The van der Waals surface area contributed by atoms with Gasteiger partial charge in [0.25, 0.3) is 11.8 Å². The number of hydrogen-bond donors (Lipinski definition) is 3. The van der Waals surface area contributed by atoms with Gasteiger partial charge in [0.05, 0.1) is 0 Å². The number of esters is 1. The maximum atomic E-state index is 12.8. The number of nitrogens with one attached hydrogen (secondary N) is 2. The Morgan fingerprint density at radius 3 is 1.85 bits per heavy atom. The van der Waals surface area contributed by atoms with Gasteiger partial charge in [-0.15, -0.1) is 0 Å². The van der Waals surface area contributed by atoms with Gasteiger partial charge in [-0.2, -0.15) is 5.01 Å². The number of ether oxygens (including phenoxy) is 2. The molecule has 13 heteroatoms. The molecule has 0 unspecified atom stereocenters. The smallest absolute Gasteiger partial charge is 0.408 e. The number of nitrogens with zero attached hydrogens (tertiary/aromatic N) is 2. The van der Waals surface area contributed by atoms with Crippen molar-refractivity contribution in [2.24, 2.45) is 5.73 Å². The highest BCUT2D eigenvalue weighted by Gasteiger charge is 2.30. The van der Waals surface area contributed by atoms with Gasteiger partial charge in [-0.1, -0.05) is 60.7 Å². The summed E-state index contributed by atoms with van der Waals surface area (Å²) in [5.74, 6) is -3.59. The second-order valence-electron chi connectivity index (χ2n) is 8.43. The number of likely N-dealkylation sites (N-methyl/N-ethyl adjacent to an activating group) is 1. The number of primary amides is 1. The van der Waals surface area contributed by atoms with E-state index < -0.39 is 47.9 Å². The van der Waals surface area contributed by atoms with Gasteiger partial charge in [-0.05, 0) is 25.0 Å². The van der Waals surface area contributed by atoms with Crippen molar-refractivity contribution in [1.82, 2.24) is 20.7 Å². The first-order valence-electron chi connectivity index (χ1n) is 12.1. The van der Waals surface area contributed by atoms with Gasteiger partial charge in [-0.25, -0.2) is 19.4 Å². The molecule has 0 bridgehead atoms. The van der Waals surface area contributed by atoms with Crippen LogP contribution in [0.3, 0.4) is 0 Å². The van der Waals surface area contributed by atoms with Crippen LogP contribution in [0.2, 0.25) is 0 Å². The molecule has 40 heavy (non-hydrogen) atoms. The zero-order chi connectivity index (χ0) is 29.7. The Balaban J connectivity index is 1.88. The Bertz CT molecular complexity index is 1240. The summed E-state index contributed by atoms with van der Waals surface area (Å²) in [5, 5.41) is 5.60. The van der Waals surface area contributed by atoms with Gasteiger partial charge < -0.3 is 25.8 Å². The van der Waals surface area contributed by atoms with Crippen LogP contribution in [0.25, 0.3) is 0 Å². The first-order valence-corrected chi connectivity index (χ1v) is 12.1. The predicted molar refractivity (Wildman–Crippen MR) is 141 cm³/mol. The number of benzene rings is 2. The van der Waals surface area contributed by atoms with Crippen molar-refractivity contribution in [2.75, 3.05) is 7.05 Å². The van der Waals surface area contributed by atoms with Crippen molar-refractivity contribution >= 4 is 35.8 Å². The third kappa shape index (κ3) is 9.93. The largest absolute Gasteiger partial charge is 0.458 e. The molecule has 2 atom stereocenters. The van der Waals surface area contributed by atoms with Crippen molar-refractivity contribution in [3.05, 3.63) is 83.9 Å². The van der Waals surface area contributed by atoms with Gasteiger partial charge >= 0.3 is 18.1 Å². The van der Waals surface area contributed by atoms with Crippen LogP contribution >= 0.6 is 0 Å². The van der Waals surface area contributed by atoms with Crippen molar-refractivity contribution in [2.45, 2.75) is 39.1 Å². The van der Waals surface area contributed by atoms with Crippen LogP contribution in [0, 0.1) is 0 Å². The maximum absolute atomic E-state index is 12.8. The zero-order valence-electron chi connectivity index (χ0n) is 22.2. The SMILES string of the molecule is C[C@H](NC(=O)OCc1ccccc1)C(=O)N[C@@H](C)C(=O)N(C)N(C(N)=O)C(=O)/C=C/C(=O)OCc1ccccc1. The summed E-state index contributed by atoms with van der Waals surface area (Å²) < 4.78 is 10.1. The van der Waals surface area contributed by atoms with E-state index in [1.807, 2.05) is 6.07 Å². The fourth-order valence-electron chi connectivity index (χ4n) is 3.18. The third-order valence-electron chi connectivity index (χ3n) is 5.29. The minimum atomic E-state index is -1.31. The number of nitrogens with two attached hydrogens (primary N) is 1. The molecule has 13 nitrogen and oxygen atoms in total. The molecule has 6 amide bonds. The number of hydrazine groups is 1. The van der Waals surface area contributed by atoms with Gasteiger partial charge in [0.1, 0.15) is 25.3 Å². The number of amides is 6. The minimum absolute atomic E-state index is 0.00310. The van der Waals surface area contributed by atoms with Gasteiger partial charge in [0.2, 0.25) is 5.91 Å². The molecule has 212 valence electrons. The van der Waals surface area contributed by atoms with E-state index in [1.165, 1.54) is 13.8 Å². The highest BCUT2D eigenvalue weighted by molar-refractivity contribution is 6.04. The van der Waals surface area contributed by atoms with Gasteiger partial charge in [0, 0.05) is 19.2 Å². The number of urea groups is 1. The van der Waals surface area contributed by atoms with E-state index in [0.717, 1.165) is 30.3 Å². The molecule has 0 radical (unpaired) electrons. The molecule has 0 aliphatic heterocycles. The molecule has 0 aliphatic rings. The molecule has 0 saturated carbocycles. The number of imide groups is 1. The molecule has 0 fully saturated rings. The third-order valence-corrected chi connectivity index (χ3v) is 5.29. The van der Waals surface area contributed by atoms with Crippen molar-refractivity contribution in [3.63, 3.8) is 0 Å². The summed E-state index contributed by atoms with van der Waals surface area (Å²) in [6, 6.07) is 14.1. The Morgan fingerprint density at radius 1 is 0.800 bits per heavy atom. The lowest BCUT2D eigenvalue weighted by Gasteiger charge is -2.30. The summed E-state index contributed by atoms with van der Waals surface area (Å²) in [7, 11) is 1.08. The van der Waals surface area contributed by atoms with Crippen LogP contribution in [0.5, 0.6) is 0 Å².